The Morgan fingerprint density at radius 3 is 2.90 bits per heavy atom. The van der Waals surface area contributed by atoms with Gasteiger partial charge in [0.2, 0.25) is 0 Å². The minimum absolute atomic E-state index is 0.119. The molecule has 0 unspecified atom stereocenters. The van der Waals surface area contributed by atoms with Crippen molar-refractivity contribution in [1.82, 2.24) is 5.32 Å². The summed E-state index contributed by atoms with van der Waals surface area (Å²) in [5.41, 5.74) is 0.801. The first kappa shape index (κ1) is 14.4. The van der Waals surface area contributed by atoms with Gasteiger partial charge < -0.3 is 10.1 Å². The third-order valence-corrected chi connectivity index (χ3v) is 5.49. The molecule has 0 spiro atoms. The van der Waals surface area contributed by atoms with Crippen LogP contribution >= 0.6 is 11.6 Å². The Balaban J connectivity index is 1.78. The standard InChI is InChI=1S/C17H19ClN2O/c1-3-17-8-14(7-16(17,2)10-20-11-17)21-13-5-4-12(9-19)15(18)6-13/h3-6,14,20H,1,7-8,10-11H2,2H3/t14-,16-,17+/m1/s1. The van der Waals surface area contributed by atoms with Crippen LogP contribution in [0.25, 0.3) is 0 Å². The molecule has 1 N–H and O–H groups in total. The summed E-state index contributed by atoms with van der Waals surface area (Å²) >= 11 is 6.06. The van der Waals surface area contributed by atoms with Gasteiger partial charge in [-0.15, -0.1) is 6.58 Å². The second kappa shape index (κ2) is 5.05. The van der Waals surface area contributed by atoms with E-state index < -0.39 is 0 Å². The van der Waals surface area contributed by atoms with Gasteiger partial charge in [0.05, 0.1) is 10.6 Å². The lowest BCUT2D eigenvalue weighted by atomic mass is 9.70. The van der Waals surface area contributed by atoms with Crippen LogP contribution in [0.3, 0.4) is 0 Å². The maximum absolute atomic E-state index is 8.91. The number of nitriles is 1. The maximum Gasteiger partial charge on any atom is 0.121 e. The van der Waals surface area contributed by atoms with Crippen molar-refractivity contribution in [3.8, 4) is 11.8 Å². The predicted molar refractivity (Wildman–Crippen MR) is 83.4 cm³/mol. The predicted octanol–water partition coefficient (Wildman–Crippen LogP) is 3.53. The average molecular weight is 303 g/mol. The van der Waals surface area contributed by atoms with Crippen LogP contribution in [0.4, 0.5) is 0 Å². The molecule has 21 heavy (non-hydrogen) atoms. The van der Waals surface area contributed by atoms with E-state index in [1.54, 1.807) is 12.1 Å². The Morgan fingerprint density at radius 2 is 2.29 bits per heavy atom. The number of benzene rings is 1. The van der Waals surface area contributed by atoms with Gasteiger partial charge in [-0.1, -0.05) is 24.6 Å². The van der Waals surface area contributed by atoms with E-state index in [1.807, 2.05) is 6.07 Å². The lowest BCUT2D eigenvalue weighted by molar-refractivity contribution is 0.189. The zero-order valence-electron chi connectivity index (χ0n) is 12.2. The molecular formula is C17H19ClN2O. The van der Waals surface area contributed by atoms with E-state index in [-0.39, 0.29) is 16.9 Å². The number of fused-ring (bicyclic) bond motifs is 1. The first-order valence-corrected chi connectivity index (χ1v) is 7.60. The highest BCUT2D eigenvalue weighted by atomic mass is 35.5. The SMILES string of the molecule is C=C[C@]12CNC[C@@]1(C)C[C@@H](Oc1ccc(C#N)c(Cl)c1)C2. The van der Waals surface area contributed by atoms with Gasteiger partial charge in [-0.2, -0.15) is 5.26 Å². The molecule has 1 aromatic rings. The molecule has 1 saturated carbocycles. The minimum atomic E-state index is 0.119. The normalized spacial score (nSPS) is 34.2. The van der Waals surface area contributed by atoms with Crippen molar-refractivity contribution >= 4 is 11.6 Å². The second-order valence-electron chi connectivity index (χ2n) is 6.43. The molecule has 3 atom stereocenters. The van der Waals surface area contributed by atoms with Crippen LogP contribution in [-0.2, 0) is 0 Å². The lowest BCUT2D eigenvalue weighted by Crippen LogP contribution is -2.31. The van der Waals surface area contributed by atoms with E-state index in [1.165, 1.54) is 0 Å². The van der Waals surface area contributed by atoms with Crippen LogP contribution in [0.15, 0.2) is 30.9 Å². The van der Waals surface area contributed by atoms with Crippen molar-refractivity contribution in [2.24, 2.45) is 10.8 Å². The number of nitrogens with zero attached hydrogens (tertiary/aromatic N) is 1. The minimum Gasteiger partial charge on any atom is -0.490 e. The van der Waals surface area contributed by atoms with Gasteiger partial charge in [0, 0.05) is 24.6 Å². The molecule has 2 fully saturated rings. The number of nitrogens with one attached hydrogen (secondary N) is 1. The molecule has 1 aliphatic heterocycles. The summed E-state index contributed by atoms with van der Waals surface area (Å²) in [4.78, 5) is 0. The van der Waals surface area contributed by atoms with Crippen molar-refractivity contribution in [1.29, 1.82) is 5.26 Å². The highest BCUT2D eigenvalue weighted by Gasteiger charge is 2.57. The fourth-order valence-corrected chi connectivity index (χ4v) is 4.08. The van der Waals surface area contributed by atoms with Crippen molar-refractivity contribution in [3.63, 3.8) is 0 Å². The molecule has 0 bridgehead atoms. The molecule has 1 aliphatic carbocycles. The zero-order chi connectivity index (χ0) is 15.1. The molecule has 1 aromatic carbocycles. The zero-order valence-corrected chi connectivity index (χ0v) is 12.9. The van der Waals surface area contributed by atoms with Crippen LogP contribution in [0, 0.1) is 22.2 Å². The van der Waals surface area contributed by atoms with E-state index in [4.69, 9.17) is 21.6 Å². The Labute approximate surface area is 130 Å². The van der Waals surface area contributed by atoms with E-state index >= 15 is 0 Å². The summed E-state index contributed by atoms with van der Waals surface area (Å²) in [6.45, 7) is 8.34. The third-order valence-electron chi connectivity index (χ3n) is 5.18. The molecule has 1 heterocycles. The summed E-state index contributed by atoms with van der Waals surface area (Å²) < 4.78 is 6.11. The van der Waals surface area contributed by atoms with E-state index in [0.29, 0.717) is 10.6 Å². The molecule has 0 amide bonds. The fraction of sp³-hybridized carbons (Fsp3) is 0.471. The van der Waals surface area contributed by atoms with Crippen molar-refractivity contribution < 1.29 is 4.74 Å². The number of halogens is 1. The molecular weight excluding hydrogens is 284 g/mol. The van der Waals surface area contributed by atoms with Gasteiger partial charge >= 0.3 is 0 Å². The van der Waals surface area contributed by atoms with Crippen LogP contribution in [0.5, 0.6) is 5.75 Å². The molecule has 110 valence electrons. The summed E-state index contributed by atoms with van der Waals surface area (Å²) in [5, 5.41) is 12.8. The van der Waals surface area contributed by atoms with Gasteiger partial charge in [0.25, 0.3) is 0 Å². The quantitative estimate of drug-likeness (QED) is 0.869. The van der Waals surface area contributed by atoms with Gasteiger partial charge in [0.1, 0.15) is 17.9 Å². The van der Waals surface area contributed by atoms with Crippen molar-refractivity contribution in [2.75, 3.05) is 13.1 Å². The molecule has 2 aliphatic rings. The Hall–Kier alpha value is -1.50. The van der Waals surface area contributed by atoms with Crippen LogP contribution in [-0.4, -0.2) is 19.2 Å². The van der Waals surface area contributed by atoms with Gasteiger partial charge in [-0.3, -0.25) is 0 Å². The molecule has 3 rings (SSSR count). The third kappa shape index (κ3) is 2.23. The second-order valence-corrected chi connectivity index (χ2v) is 6.83. The number of hydrogen-bond acceptors (Lipinski definition) is 3. The summed E-state index contributed by atoms with van der Waals surface area (Å²) in [7, 11) is 0. The van der Waals surface area contributed by atoms with E-state index in [0.717, 1.165) is 31.7 Å². The highest BCUT2D eigenvalue weighted by Crippen LogP contribution is 2.56. The van der Waals surface area contributed by atoms with Crippen molar-refractivity contribution in [3.05, 3.63) is 41.4 Å². The molecule has 1 saturated heterocycles. The molecule has 0 radical (unpaired) electrons. The lowest BCUT2D eigenvalue weighted by Gasteiger charge is -2.33. The van der Waals surface area contributed by atoms with Gasteiger partial charge in [0.15, 0.2) is 0 Å². The fourth-order valence-electron chi connectivity index (χ4n) is 3.86. The molecule has 4 heteroatoms. The van der Waals surface area contributed by atoms with E-state index in [9.17, 15) is 0 Å². The van der Waals surface area contributed by atoms with Crippen LogP contribution < -0.4 is 10.1 Å². The number of rotatable bonds is 3. The van der Waals surface area contributed by atoms with Gasteiger partial charge in [-0.05, 0) is 30.4 Å². The maximum atomic E-state index is 8.91. The molecule has 3 nitrogen and oxygen atoms in total. The summed E-state index contributed by atoms with van der Waals surface area (Å²) in [6.07, 6.45) is 4.24. The van der Waals surface area contributed by atoms with Gasteiger partial charge in [-0.25, -0.2) is 0 Å². The average Bonchev–Trinajstić information content (AvgIpc) is 2.88. The monoisotopic (exact) mass is 302 g/mol. The van der Waals surface area contributed by atoms with Crippen LogP contribution in [0.2, 0.25) is 5.02 Å². The first-order valence-electron chi connectivity index (χ1n) is 7.23. The Morgan fingerprint density at radius 1 is 1.48 bits per heavy atom. The topological polar surface area (TPSA) is 45.0 Å². The number of ether oxygens (including phenoxy) is 1. The highest BCUT2D eigenvalue weighted by molar-refractivity contribution is 6.31. The summed E-state index contributed by atoms with van der Waals surface area (Å²) in [6, 6.07) is 7.32. The van der Waals surface area contributed by atoms with Crippen molar-refractivity contribution in [2.45, 2.75) is 25.9 Å². The smallest absolute Gasteiger partial charge is 0.121 e. The van der Waals surface area contributed by atoms with E-state index in [2.05, 4.69) is 31.0 Å². The molecule has 0 aromatic heterocycles. The Kier molecular flexibility index (Phi) is 3.47. The van der Waals surface area contributed by atoms with Crippen LogP contribution in [0.1, 0.15) is 25.3 Å². The largest absolute Gasteiger partial charge is 0.490 e. The number of hydrogen-bond donors (Lipinski definition) is 1. The Bertz CT molecular complexity index is 624. The first-order chi connectivity index (χ1) is 10.0. The summed E-state index contributed by atoms with van der Waals surface area (Å²) in [5.74, 6) is 0.736.